The molecule has 0 spiro atoms. The molecule has 0 aromatic heterocycles. The molecule has 0 saturated carbocycles. The molecule has 4 bridgehead atoms. The van der Waals surface area contributed by atoms with E-state index in [1.54, 1.807) is 0 Å². The third-order valence-corrected chi connectivity index (χ3v) is 13.6. The summed E-state index contributed by atoms with van der Waals surface area (Å²) in [5, 5.41) is 22.1. The van der Waals surface area contributed by atoms with Gasteiger partial charge in [0.25, 0.3) is 0 Å². The molecule has 0 aromatic rings. The van der Waals surface area contributed by atoms with E-state index in [0.717, 1.165) is 69.8 Å². The number of aliphatic hydroxyl groups excluding tert-OH is 2. The largest absolute Gasteiger partial charge is 0.469 e. The lowest BCUT2D eigenvalue weighted by atomic mass is 9.86. The van der Waals surface area contributed by atoms with Crippen LogP contribution in [0.25, 0.3) is 0 Å². The Labute approximate surface area is 332 Å². The molecule has 11 unspecified atom stereocenters. The van der Waals surface area contributed by atoms with Crippen molar-refractivity contribution >= 4 is 5.97 Å². The quantitative estimate of drug-likeness (QED) is 0.145. The van der Waals surface area contributed by atoms with Gasteiger partial charge >= 0.3 is 5.97 Å². The van der Waals surface area contributed by atoms with Crippen molar-refractivity contribution in [3.05, 3.63) is 24.3 Å². The monoisotopic (exact) mass is 790 g/mol. The maximum absolute atomic E-state index is 11.9. The maximum Gasteiger partial charge on any atom is 0.308 e. The first kappa shape index (κ1) is 41.3. The molecule has 56 heavy (non-hydrogen) atoms. The van der Waals surface area contributed by atoms with E-state index in [0.29, 0.717) is 45.1 Å². The fraction of sp³-hybridized carbons (Fsp3) is 0.884. The van der Waals surface area contributed by atoms with Crippen molar-refractivity contribution in [2.75, 3.05) is 13.7 Å². The van der Waals surface area contributed by atoms with E-state index in [2.05, 4.69) is 13.2 Å². The van der Waals surface area contributed by atoms with Crippen LogP contribution in [0.1, 0.15) is 123 Å². The van der Waals surface area contributed by atoms with Gasteiger partial charge in [-0.05, 0) is 83.6 Å². The minimum atomic E-state index is -0.870. The zero-order valence-corrected chi connectivity index (χ0v) is 33.7. The highest BCUT2D eigenvalue weighted by atomic mass is 16.7. The first-order valence-corrected chi connectivity index (χ1v) is 21.6. The molecule has 0 aromatic carbocycles. The van der Waals surface area contributed by atoms with Gasteiger partial charge in [-0.25, -0.2) is 0 Å². The number of hydrogen-bond donors (Lipinski definition) is 2. The molecular formula is C43H66O13. The van der Waals surface area contributed by atoms with Crippen molar-refractivity contribution in [3.63, 3.8) is 0 Å². The zero-order chi connectivity index (χ0) is 39.2. The number of ether oxygens (including phenoxy) is 10. The van der Waals surface area contributed by atoms with E-state index >= 15 is 0 Å². The summed E-state index contributed by atoms with van der Waals surface area (Å²) in [6.07, 6.45) is 9.13. The lowest BCUT2D eigenvalue weighted by molar-refractivity contribution is -0.349. The maximum atomic E-state index is 11.9. The molecule has 8 heterocycles. The molecule has 16 atom stereocenters. The molecule has 2 N–H and O–H groups in total. The topological polar surface area (TPSA) is 150 Å². The second-order valence-electron chi connectivity index (χ2n) is 18.3. The molecule has 0 aliphatic carbocycles. The molecule has 0 radical (unpaired) electrons. The fourth-order valence-electron chi connectivity index (χ4n) is 10.6. The molecule has 0 amide bonds. The highest BCUT2D eigenvalue weighted by Gasteiger charge is 2.59. The van der Waals surface area contributed by atoms with Crippen molar-refractivity contribution in [2.24, 2.45) is 0 Å². The Morgan fingerprint density at radius 1 is 0.786 bits per heavy atom. The van der Waals surface area contributed by atoms with Crippen molar-refractivity contribution in [1.82, 2.24) is 0 Å². The first-order valence-electron chi connectivity index (χ1n) is 21.6. The van der Waals surface area contributed by atoms with Gasteiger partial charge in [0.2, 0.25) is 0 Å². The summed E-state index contributed by atoms with van der Waals surface area (Å²) in [7, 11) is 1.40. The van der Waals surface area contributed by atoms with E-state index in [1.165, 1.54) is 12.7 Å². The van der Waals surface area contributed by atoms with Gasteiger partial charge in [0.1, 0.15) is 18.3 Å². The highest BCUT2D eigenvalue weighted by Crippen LogP contribution is 2.48. The van der Waals surface area contributed by atoms with Gasteiger partial charge in [0.15, 0.2) is 11.6 Å². The minimum absolute atomic E-state index is 0.0876. The van der Waals surface area contributed by atoms with Crippen molar-refractivity contribution in [2.45, 2.75) is 226 Å². The van der Waals surface area contributed by atoms with Gasteiger partial charge in [-0.1, -0.05) is 18.7 Å². The minimum Gasteiger partial charge on any atom is -0.469 e. The highest BCUT2D eigenvalue weighted by molar-refractivity contribution is 5.69. The number of fused-ring (bicyclic) bond motifs is 9. The summed E-state index contributed by atoms with van der Waals surface area (Å²) in [5.74, 6) is -1.79. The number of hydrogen-bond acceptors (Lipinski definition) is 13. The third kappa shape index (κ3) is 9.28. The lowest BCUT2D eigenvalue weighted by Gasteiger charge is -2.51. The SMILES string of the molecule is C=C(CCCC[C@]12CC(O)C(O1)C1C[C@@H](O2)C2O[C@@H](CC(=O)OC)CC[C@@H]2O1)CCCC1CCC(=C)C(C[C@@H]2OC3CC4OC(C)(C)OCC4OC3CC2O)O1. The van der Waals surface area contributed by atoms with Crippen molar-refractivity contribution < 1.29 is 62.4 Å². The summed E-state index contributed by atoms with van der Waals surface area (Å²) in [5.41, 5.74) is 2.30. The van der Waals surface area contributed by atoms with E-state index in [-0.39, 0.29) is 85.6 Å². The summed E-state index contributed by atoms with van der Waals surface area (Å²) in [6, 6.07) is 0. The molecule has 8 aliphatic heterocycles. The predicted octanol–water partition coefficient (Wildman–Crippen LogP) is 5.11. The Kier molecular flexibility index (Phi) is 12.7. The predicted molar refractivity (Wildman–Crippen MR) is 201 cm³/mol. The van der Waals surface area contributed by atoms with Crippen LogP contribution in [0.4, 0.5) is 0 Å². The molecule has 316 valence electrons. The molecule has 8 rings (SSSR count). The Morgan fingerprint density at radius 3 is 2.41 bits per heavy atom. The molecule has 8 saturated heterocycles. The first-order chi connectivity index (χ1) is 26.9. The smallest absolute Gasteiger partial charge is 0.308 e. The summed E-state index contributed by atoms with van der Waals surface area (Å²) in [4.78, 5) is 11.9. The lowest BCUT2D eigenvalue weighted by Crippen LogP contribution is -2.61. The Morgan fingerprint density at radius 2 is 1.57 bits per heavy atom. The van der Waals surface area contributed by atoms with Gasteiger partial charge in [0.05, 0.1) is 93.4 Å². The number of allylic oxidation sites excluding steroid dienone is 1. The Hall–Kier alpha value is -1.49. The fourth-order valence-corrected chi connectivity index (χ4v) is 10.6. The van der Waals surface area contributed by atoms with E-state index in [9.17, 15) is 15.0 Å². The van der Waals surface area contributed by atoms with Crippen LogP contribution in [0.15, 0.2) is 24.3 Å². The van der Waals surface area contributed by atoms with Gasteiger partial charge < -0.3 is 57.6 Å². The van der Waals surface area contributed by atoms with Gasteiger partial charge in [-0.2, -0.15) is 0 Å². The number of carbonyl (C=O) groups is 1. The van der Waals surface area contributed by atoms with Gasteiger partial charge in [0, 0.05) is 38.5 Å². The van der Waals surface area contributed by atoms with E-state index in [4.69, 9.17) is 47.4 Å². The second-order valence-corrected chi connectivity index (χ2v) is 18.3. The number of aliphatic hydroxyl groups is 2. The van der Waals surface area contributed by atoms with Crippen LogP contribution in [-0.2, 0) is 52.2 Å². The number of unbranched alkanes of at least 4 members (excludes halogenated alkanes) is 1. The summed E-state index contributed by atoms with van der Waals surface area (Å²) < 4.78 is 62.3. The molecule has 13 nitrogen and oxygen atoms in total. The third-order valence-electron chi connectivity index (χ3n) is 13.6. The van der Waals surface area contributed by atoms with Gasteiger partial charge in [-0.15, -0.1) is 0 Å². The Bertz CT molecular complexity index is 1410. The molecule has 8 fully saturated rings. The standard InChI is InChI=1S/C43H66O13/c1-24(9-6-7-16-43-22-29(45)40(56-43)36-21-37(55-43)41-30(51-36)15-14-27(50-41)17-39(46)47-5)10-8-11-26-13-12-25(2)31(49-26)19-32-28(44)18-33-34(52-32)20-35-38(53-33)23-48-42(3,4)54-35/h26-38,40-41,44-45H,1-2,6-23H2,3-5H3/t26?,27-,28?,29?,30+,31?,32+,33?,34?,35?,36?,37-,38?,40?,41?,43-/m1/s1. The van der Waals surface area contributed by atoms with Crippen LogP contribution in [-0.4, -0.2) is 133 Å². The van der Waals surface area contributed by atoms with Crippen LogP contribution < -0.4 is 0 Å². The van der Waals surface area contributed by atoms with Crippen LogP contribution in [0.5, 0.6) is 0 Å². The van der Waals surface area contributed by atoms with Crippen molar-refractivity contribution in [3.8, 4) is 0 Å². The normalized spacial score (nSPS) is 45.5. The van der Waals surface area contributed by atoms with Crippen LogP contribution in [0.2, 0.25) is 0 Å². The van der Waals surface area contributed by atoms with E-state index < -0.39 is 29.9 Å². The molecular weight excluding hydrogens is 724 g/mol. The number of esters is 1. The summed E-state index contributed by atoms with van der Waals surface area (Å²) in [6.45, 7) is 13.1. The second kappa shape index (κ2) is 17.2. The average Bonchev–Trinajstić information content (AvgIpc) is 3.42. The van der Waals surface area contributed by atoms with Gasteiger partial charge in [-0.3, -0.25) is 4.79 Å². The molecule has 13 heteroatoms. The average molecular weight is 791 g/mol. The Balaban J connectivity index is 0.755. The number of carbonyl (C=O) groups excluding carboxylic acids is 1. The van der Waals surface area contributed by atoms with Crippen LogP contribution in [0, 0.1) is 0 Å². The summed E-state index contributed by atoms with van der Waals surface area (Å²) >= 11 is 0. The molecule has 8 aliphatic rings. The van der Waals surface area contributed by atoms with Crippen molar-refractivity contribution in [1.29, 1.82) is 0 Å². The van der Waals surface area contributed by atoms with E-state index in [1.807, 2.05) is 13.8 Å². The number of rotatable bonds is 13. The van der Waals surface area contributed by atoms with Crippen LogP contribution >= 0.6 is 0 Å². The zero-order valence-electron chi connectivity index (χ0n) is 33.7. The van der Waals surface area contributed by atoms with Crippen LogP contribution in [0.3, 0.4) is 0 Å². The number of methoxy groups -OCH3 is 1.